The largest absolute Gasteiger partial charge is 1.00 e. The van der Waals surface area contributed by atoms with Gasteiger partial charge in [0.05, 0.1) is 0 Å². The first-order chi connectivity index (χ1) is 8.86. The SMILES string of the molecule is [K+].[K+].[O-][SiH2]Cc1ccccc1.[O-][SiH2]Cc1ccccc1. The average molecular weight is 353 g/mol. The van der Waals surface area contributed by atoms with Gasteiger partial charge in [-0.1, -0.05) is 103 Å². The molecule has 96 valence electrons. The van der Waals surface area contributed by atoms with E-state index in [2.05, 4.69) is 0 Å². The predicted molar refractivity (Wildman–Crippen MR) is 77.4 cm³/mol. The zero-order chi connectivity index (χ0) is 13.1. The molecular formula is C14H18K2O2Si2. The van der Waals surface area contributed by atoms with E-state index in [0.29, 0.717) is 0 Å². The molecule has 2 aromatic rings. The Morgan fingerprint density at radius 3 is 1.15 bits per heavy atom. The molecule has 0 aromatic heterocycles. The molecule has 20 heavy (non-hydrogen) atoms. The smallest absolute Gasteiger partial charge is 0.863 e. The van der Waals surface area contributed by atoms with Crippen LogP contribution in [0.4, 0.5) is 0 Å². The van der Waals surface area contributed by atoms with Gasteiger partial charge in [0.25, 0.3) is 0 Å². The van der Waals surface area contributed by atoms with Crippen molar-refractivity contribution < 1.29 is 112 Å². The van der Waals surface area contributed by atoms with Gasteiger partial charge < -0.3 is 9.59 Å². The van der Waals surface area contributed by atoms with Gasteiger partial charge in [0.15, 0.2) is 0 Å². The van der Waals surface area contributed by atoms with Crippen LogP contribution in [0.25, 0.3) is 0 Å². The predicted octanol–water partition coefficient (Wildman–Crippen LogP) is -6.73. The summed E-state index contributed by atoms with van der Waals surface area (Å²) in [6, 6.07) is 21.4. The summed E-state index contributed by atoms with van der Waals surface area (Å²) in [7, 11) is -2.07. The average Bonchev–Trinajstić information content (AvgIpc) is 2.43. The van der Waals surface area contributed by atoms with Crippen molar-refractivity contribution in [2.24, 2.45) is 0 Å². The van der Waals surface area contributed by atoms with Crippen LogP contribution in [0.1, 0.15) is 11.1 Å². The Morgan fingerprint density at radius 1 is 0.600 bits per heavy atom. The molecule has 0 aliphatic carbocycles. The summed E-state index contributed by atoms with van der Waals surface area (Å²) in [6.07, 6.45) is 0. The van der Waals surface area contributed by atoms with E-state index in [-0.39, 0.29) is 103 Å². The zero-order valence-electron chi connectivity index (χ0n) is 12.4. The summed E-state index contributed by atoms with van der Waals surface area (Å²) < 4.78 is 0. The fourth-order valence-electron chi connectivity index (χ4n) is 1.53. The minimum atomic E-state index is -1.03. The minimum absolute atomic E-state index is 0. The zero-order valence-corrected chi connectivity index (χ0v) is 21.5. The van der Waals surface area contributed by atoms with Crippen molar-refractivity contribution in [2.45, 2.75) is 12.1 Å². The van der Waals surface area contributed by atoms with Gasteiger partial charge in [0, 0.05) is 0 Å². The number of hydrogen-bond acceptors (Lipinski definition) is 2. The van der Waals surface area contributed by atoms with Crippen LogP contribution in [0.3, 0.4) is 0 Å². The van der Waals surface area contributed by atoms with Gasteiger partial charge in [-0.15, -0.1) is 0 Å². The monoisotopic (exact) mass is 352 g/mol. The molecule has 0 bridgehead atoms. The molecule has 2 aromatic carbocycles. The van der Waals surface area contributed by atoms with E-state index in [1.54, 1.807) is 0 Å². The van der Waals surface area contributed by atoms with Crippen molar-refractivity contribution in [3.63, 3.8) is 0 Å². The molecule has 6 heteroatoms. The van der Waals surface area contributed by atoms with E-state index in [9.17, 15) is 9.59 Å². The number of hydrogen-bond donors (Lipinski definition) is 0. The molecule has 0 heterocycles. The summed E-state index contributed by atoms with van der Waals surface area (Å²) in [5, 5.41) is 0. The Balaban J connectivity index is 0. The van der Waals surface area contributed by atoms with Crippen LogP contribution in [0.2, 0.25) is 0 Å². The summed E-state index contributed by atoms with van der Waals surface area (Å²) in [5.41, 5.74) is 2.39. The Kier molecular flexibility index (Phi) is 21.2. The Morgan fingerprint density at radius 2 is 0.900 bits per heavy atom. The Hall–Kier alpha value is 2.07. The van der Waals surface area contributed by atoms with Gasteiger partial charge in [0.2, 0.25) is 0 Å². The first kappa shape index (κ1) is 24.3. The van der Waals surface area contributed by atoms with E-state index >= 15 is 0 Å². The van der Waals surface area contributed by atoms with Gasteiger partial charge in [-0.05, 0) is 0 Å². The van der Waals surface area contributed by atoms with E-state index in [0.717, 1.165) is 12.1 Å². The van der Waals surface area contributed by atoms with Crippen LogP contribution < -0.4 is 112 Å². The fourth-order valence-corrected chi connectivity index (χ4v) is 2.66. The molecule has 0 aliphatic rings. The minimum Gasteiger partial charge on any atom is -0.863 e. The van der Waals surface area contributed by atoms with Crippen molar-refractivity contribution in [3.05, 3.63) is 71.8 Å². The second-order valence-corrected chi connectivity index (χ2v) is 5.70. The second-order valence-electron chi connectivity index (χ2n) is 3.88. The maximum atomic E-state index is 10.2. The Labute approximate surface area is 211 Å². The third kappa shape index (κ3) is 12.6. The molecule has 0 saturated heterocycles. The number of rotatable bonds is 4. The molecule has 0 saturated carbocycles. The first-order valence-electron chi connectivity index (χ1n) is 6.11. The number of benzene rings is 2. The molecule has 2 rings (SSSR count). The standard InChI is InChI=1S/2C7H9OSi.2K/c2*8-9-6-7-4-2-1-3-5-7;;/h2*1-5H,6,9H2;;/q2*-1;2*+1. The van der Waals surface area contributed by atoms with Gasteiger partial charge in [-0.25, -0.2) is 0 Å². The van der Waals surface area contributed by atoms with Crippen molar-refractivity contribution in [1.82, 2.24) is 0 Å². The van der Waals surface area contributed by atoms with E-state index in [1.165, 1.54) is 11.1 Å². The Bertz CT molecular complexity index is 375. The molecule has 0 N–H and O–H groups in total. The molecule has 0 aliphatic heterocycles. The first-order valence-corrected chi connectivity index (χ1v) is 9.26. The van der Waals surface area contributed by atoms with Crippen molar-refractivity contribution in [2.75, 3.05) is 0 Å². The van der Waals surface area contributed by atoms with Crippen LogP contribution in [0, 0.1) is 0 Å². The topological polar surface area (TPSA) is 46.1 Å². The summed E-state index contributed by atoms with van der Waals surface area (Å²) in [5.74, 6) is 0. The van der Waals surface area contributed by atoms with E-state index in [4.69, 9.17) is 0 Å². The molecule has 0 spiro atoms. The van der Waals surface area contributed by atoms with Gasteiger partial charge in [0.1, 0.15) is 0 Å². The van der Waals surface area contributed by atoms with Crippen LogP contribution >= 0.6 is 0 Å². The van der Waals surface area contributed by atoms with Crippen molar-refractivity contribution >= 4 is 19.5 Å². The van der Waals surface area contributed by atoms with Gasteiger partial charge >= 0.3 is 103 Å². The third-order valence-corrected chi connectivity index (χ3v) is 4.03. The maximum Gasteiger partial charge on any atom is 1.00 e. The summed E-state index contributed by atoms with van der Waals surface area (Å²) >= 11 is 0. The van der Waals surface area contributed by atoms with E-state index < -0.39 is 19.5 Å². The molecule has 0 unspecified atom stereocenters. The van der Waals surface area contributed by atoms with Crippen LogP contribution in [0.15, 0.2) is 60.7 Å². The summed E-state index contributed by atoms with van der Waals surface area (Å²) in [6.45, 7) is 0. The molecule has 0 radical (unpaired) electrons. The maximum absolute atomic E-state index is 10.2. The molecule has 0 fully saturated rings. The van der Waals surface area contributed by atoms with E-state index in [1.807, 2.05) is 60.7 Å². The van der Waals surface area contributed by atoms with Crippen molar-refractivity contribution in [1.29, 1.82) is 0 Å². The van der Waals surface area contributed by atoms with Gasteiger partial charge in [-0.3, -0.25) is 0 Å². The fraction of sp³-hybridized carbons (Fsp3) is 0.143. The third-order valence-electron chi connectivity index (χ3n) is 2.47. The van der Waals surface area contributed by atoms with Crippen molar-refractivity contribution in [3.8, 4) is 0 Å². The van der Waals surface area contributed by atoms with Crippen LogP contribution in [-0.2, 0) is 12.1 Å². The van der Waals surface area contributed by atoms with Gasteiger partial charge in [-0.2, -0.15) is 0 Å². The summed E-state index contributed by atoms with van der Waals surface area (Å²) in [4.78, 5) is 20.5. The quantitative estimate of drug-likeness (QED) is 0.514. The van der Waals surface area contributed by atoms with Crippen LogP contribution in [-0.4, -0.2) is 19.5 Å². The second kappa shape index (κ2) is 17.4. The molecular weight excluding hydrogens is 335 g/mol. The molecule has 0 amide bonds. The molecule has 2 nitrogen and oxygen atoms in total. The molecule has 0 atom stereocenters. The van der Waals surface area contributed by atoms with Crippen LogP contribution in [0.5, 0.6) is 0 Å². The normalized spacial score (nSPS) is 9.70.